The molecule has 0 saturated carbocycles. The molecular formula is C22H44Cu2N6O12. The number of aliphatic hydroxyl groups is 4. The van der Waals surface area contributed by atoms with Crippen LogP contribution in [0.2, 0.25) is 0 Å². The molecule has 10 N–H and O–H groups in total. The van der Waals surface area contributed by atoms with E-state index in [4.69, 9.17) is 51.1 Å². The molecule has 2 radical (unpaired) electrons. The molecule has 20 heteroatoms. The van der Waals surface area contributed by atoms with Crippen molar-refractivity contribution in [3.05, 3.63) is 65.4 Å². The van der Waals surface area contributed by atoms with E-state index < -0.39 is 22.8 Å². The van der Waals surface area contributed by atoms with E-state index in [1.807, 2.05) is 0 Å². The molecule has 3 saturated heterocycles. The summed E-state index contributed by atoms with van der Waals surface area (Å²) in [6.07, 6.45) is 13.9. The molecule has 4 aliphatic heterocycles. The second kappa shape index (κ2) is 32.3. The van der Waals surface area contributed by atoms with Crippen molar-refractivity contribution < 1.29 is 86.1 Å². The van der Waals surface area contributed by atoms with Crippen LogP contribution in [0.15, 0.2) is 23.9 Å². The zero-order chi connectivity index (χ0) is 28.8. The van der Waals surface area contributed by atoms with Gasteiger partial charge in [-0.2, -0.15) is 17.8 Å². The Balaban J connectivity index is -0.000000143. The molecule has 0 aromatic carbocycles. The van der Waals surface area contributed by atoms with Gasteiger partial charge in [0.25, 0.3) is 10.2 Å². The molecule has 4 aliphatic rings. The number of hydrogen-bond acceptors (Lipinski definition) is 8. The third-order valence-electron chi connectivity index (χ3n) is 5.61. The molecule has 0 aliphatic carbocycles. The van der Waals surface area contributed by atoms with Crippen molar-refractivity contribution in [2.45, 2.75) is 88.5 Å². The first-order chi connectivity index (χ1) is 18.0. The molecule has 0 amide bonds. The first-order valence-electron chi connectivity index (χ1n) is 12.5. The third-order valence-corrected chi connectivity index (χ3v) is 5.61. The van der Waals surface area contributed by atoms with E-state index >= 15 is 0 Å². The Morgan fingerprint density at radius 2 is 1.10 bits per heavy atom. The number of nitrogens with zero attached hydrogens (tertiary/aromatic N) is 6. The van der Waals surface area contributed by atoms with Crippen LogP contribution >= 0.6 is 0 Å². The van der Waals surface area contributed by atoms with Gasteiger partial charge in [-0.1, -0.05) is 69.9 Å². The number of hydrogen-bond donors (Lipinski definition) is 6. The second-order valence-corrected chi connectivity index (χ2v) is 8.52. The zero-order valence-electron chi connectivity index (χ0n) is 22.9. The fraction of sp³-hybridized carbons (Fsp3) is 0.818. The Kier molecular flexibility index (Phi) is 38.4. The third kappa shape index (κ3) is 29.8. The van der Waals surface area contributed by atoms with Gasteiger partial charge in [0.2, 0.25) is 12.6 Å². The van der Waals surface area contributed by atoms with Gasteiger partial charge >= 0.3 is 34.1 Å². The standard InChI is InChI=1S/C10H18N2.C10H14N2.C2H6O4.2Cu.2HNO3.2H2O/c2*1-3-7-11-9(5-1)10-6-2-4-8-12-10;3-1(4)2(5)6;;;2*2-1(3)4;;/h9-10H,1-8H2;1,3,5,10H,2,4,6-8H2;1-6H;;;2*(H,2,3,4);2*1H2/q2*-2;;2*+2;;;;. The minimum atomic E-state index is -2.04. The Hall–Kier alpha value is -1.64. The Morgan fingerprint density at radius 3 is 1.36 bits per heavy atom. The van der Waals surface area contributed by atoms with E-state index in [0.29, 0.717) is 18.1 Å². The summed E-state index contributed by atoms with van der Waals surface area (Å²) >= 11 is 0. The summed E-state index contributed by atoms with van der Waals surface area (Å²) in [5.41, 5.74) is 1.19. The fourth-order valence-electron chi connectivity index (χ4n) is 3.94. The van der Waals surface area contributed by atoms with Gasteiger partial charge < -0.3 is 63.1 Å². The summed E-state index contributed by atoms with van der Waals surface area (Å²) < 4.78 is 0. The van der Waals surface area contributed by atoms with Crippen LogP contribution in [0.25, 0.3) is 21.3 Å². The maximum Gasteiger partial charge on any atom is 2.00 e. The van der Waals surface area contributed by atoms with Crippen LogP contribution in [0.1, 0.15) is 57.8 Å². The molecule has 4 heterocycles. The normalized spacial score (nSPS) is 22.0. The summed E-state index contributed by atoms with van der Waals surface area (Å²) in [4.78, 5) is 16.7. The van der Waals surface area contributed by atoms with Crippen LogP contribution in [0, 0.1) is 20.2 Å². The van der Waals surface area contributed by atoms with Crippen molar-refractivity contribution >= 4 is 0 Å². The molecule has 3 unspecified atom stereocenters. The largest absolute Gasteiger partial charge is 2.00 e. The maximum atomic E-state index is 8.36. The van der Waals surface area contributed by atoms with Gasteiger partial charge in [-0.05, 0) is 0 Å². The average Bonchev–Trinajstić information content (AvgIpc) is 2.91. The molecule has 3 atom stereocenters. The van der Waals surface area contributed by atoms with Crippen molar-refractivity contribution in [3.8, 4) is 0 Å². The number of aliphatic hydroxyl groups excluding tert-OH is 2. The first-order valence-corrected chi connectivity index (χ1v) is 12.5. The SMILES string of the molecule is C1=CC[N-]C(C2CCCC[N-]2)=C1.C1CCC(C2CCCC[N-]2)[N-]C1.O.O.O=[N+]([O-])O.O=[N+]([O-])O.OC(O)C(O)O.[Cu+2].[Cu+2]. The smallest absolute Gasteiger partial charge is 0.686 e. The van der Waals surface area contributed by atoms with Gasteiger partial charge in [0, 0.05) is 0 Å². The summed E-state index contributed by atoms with van der Waals surface area (Å²) in [5.74, 6) is 0. The quantitative estimate of drug-likeness (QED) is 0.104. The Labute approximate surface area is 265 Å². The average molecular weight is 712 g/mol. The maximum absolute atomic E-state index is 8.36. The van der Waals surface area contributed by atoms with Gasteiger partial charge in [-0.15, -0.1) is 58.5 Å². The Morgan fingerprint density at radius 1 is 0.714 bits per heavy atom. The van der Waals surface area contributed by atoms with Gasteiger partial charge in [0.05, 0.1) is 0 Å². The number of rotatable bonds is 3. The van der Waals surface area contributed by atoms with Crippen molar-refractivity contribution in [1.29, 1.82) is 0 Å². The Bertz CT molecular complexity index is 651. The molecule has 0 aromatic heterocycles. The fourth-order valence-corrected chi connectivity index (χ4v) is 3.94. The van der Waals surface area contributed by atoms with E-state index in [-0.39, 0.29) is 45.1 Å². The molecule has 18 nitrogen and oxygen atoms in total. The monoisotopic (exact) mass is 710 g/mol. The van der Waals surface area contributed by atoms with E-state index in [1.165, 1.54) is 63.5 Å². The van der Waals surface area contributed by atoms with Crippen molar-refractivity contribution in [2.24, 2.45) is 0 Å². The summed E-state index contributed by atoms with van der Waals surface area (Å²) in [6.45, 7) is 4.06. The van der Waals surface area contributed by atoms with E-state index in [2.05, 4.69) is 39.5 Å². The van der Waals surface area contributed by atoms with Crippen LogP contribution in [-0.4, -0.2) is 109 Å². The summed E-state index contributed by atoms with van der Waals surface area (Å²) in [6, 6.07) is 1.60. The van der Waals surface area contributed by atoms with Crippen molar-refractivity contribution in [3.63, 3.8) is 0 Å². The van der Waals surface area contributed by atoms with Crippen LogP contribution in [0.3, 0.4) is 0 Å². The van der Waals surface area contributed by atoms with Crippen LogP contribution in [0.4, 0.5) is 0 Å². The van der Waals surface area contributed by atoms with Crippen LogP contribution in [0.5, 0.6) is 0 Å². The predicted octanol–water partition coefficient (Wildman–Crippen LogP) is 0.837. The molecule has 3 fully saturated rings. The molecule has 0 aromatic rings. The summed E-state index contributed by atoms with van der Waals surface area (Å²) in [7, 11) is 0. The van der Waals surface area contributed by atoms with Crippen LogP contribution < -0.4 is 0 Å². The minimum Gasteiger partial charge on any atom is -0.686 e. The van der Waals surface area contributed by atoms with Gasteiger partial charge in [-0.25, -0.2) is 0 Å². The molecule has 0 bridgehead atoms. The van der Waals surface area contributed by atoms with Crippen molar-refractivity contribution in [1.82, 2.24) is 0 Å². The molecular weight excluding hydrogens is 667 g/mol. The second-order valence-electron chi connectivity index (χ2n) is 8.52. The number of piperidine rings is 3. The van der Waals surface area contributed by atoms with Gasteiger partial charge in [-0.3, -0.25) is 0 Å². The topological polar surface area (TPSA) is 327 Å². The van der Waals surface area contributed by atoms with Crippen LogP contribution in [-0.2, 0) is 34.1 Å². The molecule has 4 rings (SSSR count). The van der Waals surface area contributed by atoms with Crippen molar-refractivity contribution in [2.75, 3.05) is 26.2 Å². The van der Waals surface area contributed by atoms with E-state index in [0.717, 1.165) is 26.2 Å². The van der Waals surface area contributed by atoms with E-state index in [1.54, 1.807) is 0 Å². The summed E-state index contributed by atoms with van der Waals surface area (Å²) in [5, 5.41) is 76.3. The predicted molar refractivity (Wildman–Crippen MR) is 144 cm³/mol. The zero-order valence-corrected chi connectivity index (χ0v) is 24.8. The number of allylic oxidation sites excluding steroid dienone is 2. The van der Waals surface area contributed by atoms with Gasteiger partial charge in [0.1, 0.15) is 0 Å². The van der Waals surface area contributed by atoms with Gasteiger partial charge in [0.15, 0.2) is 0 Å². The van der Waals surface area contributed by atoms with E-state index in [9.17, 15) is 0 Å². The molecule has 42 heavy (non-hydrogen) atoms. The minimum absolute atomic E-state index is 0. The molecule has 0 spiro atoms. The molecule has 256 valence electrons. The first kappa shape index (κ1) is 50.0.